The molecule has 0 aromatic heterocycles. The molecule has 0 amide bonds. The van der Waals surface area contributed by atoms with Gasteiger partial charge < -0.3 is 9.47 Å². The molecule has 0 saturated heterocycles. The second-order valence-electron chi connectivity index (χ2n) is 4.21. The predicted octanol–water partition coefficient (Wildman–Crippen LogP) is 4.90. The van der Waals surface area contributed by atoms with Crippen LogP contribution in [0, 0.1) is 11.3 Å². The quantitative estimate of drug-likeness (QED) is 0.580. The zero-order valence-electron chi connectivity index (χ0n) is 11.4. The fraction of sp³-hybridized carbons (Fsp3) is 0.188. The fourth-order valence-corrected chi connectivity index (χ4v) is 2.10. The monoisotopic (exact) mass is 321 g/mol. The van der Waals surface area contributed by atoms with Crippen molar-refractivity contribution in [1.29, 1.82) is 5.26 Å². The summed E-state index contributed by atoms with van der Waals surface area (Å²) in [7, 11) is 0. The van der Waals surface area contributed by atoms with Gasteiger partial charge in [0.05, 0.1) is 21.7 Å². The number of halogens is 2. The van der Waals surface area contributed by atoms with Crippen LogP contribution in [0.2, 0.25) is 10.0 Å². The lowest BCUT2D eigenvalue weighted by Crippen LogP contribution is -2.03. The van der Waals surface area contributed by atoms with Crippen LogP contribution in [-0.4, -0.2) is 13.4 Å². The van der Waals surface area contributed by atoms with Crippen LogP contribution in [0.4, 0.5) is 0 Å². The molecule has 0 spiro atoms. The van der Waals surface area contributed by atoms with Crippen molar-refractivity contribution < 1.29 is 9.47 Å². The molecule has 0 heterocycles. The molecular weight excluding hydrogens is 309 g/mol. The molecule has 3 nitrogen and oxygen atoms in total. The molecule has 0 atom stereocenters. The molecule has 0 aliphatic carbocycles. The third-order valence-electron chi connectivity index (χ3n) is 2.84. The van der Waals surface area contributed by atoms with E-state index in [1.54, 1.807) is 30.3 Å². The molecule has 0 N–H and O–H groups in total. The number of benzene rings is 2. The molecule has 0 radical (unpaired) electrons. The largest absolute Gasteiger partial charge is 0.467 e. The first-order valence-electron chi connectivity index (χ1n) is 6.35. The van der Waals surface area contributed by atoms with Gasteiger partial charge in [0.1, 0.15) is 5.75 Å². The van der Waals surface area contributed by atoms with E-state index in [1.807, 2.05) is 13.0 Å². The standard InChI is InChI=1S/C16H13Cl2NO2/c1-2-20-10-21-16-6-3-11(9-19)7-13(16)12-4-5-14(17)15(18)8-12/h3-8H,2,10H2,1H3. The van der Waals surface area contributed by atoms with Gasteiger partial charge in [0.15, 0.2) is 6.79 Å². The Balaban J connectivity index is 2.43. The van der Waals surface area contributed by atoms with Gasteiger partial charge in [0.25, 0.3) is 0 Å². The van der Waals surface area contributed by atoms with Gasteiger partial charge in [-0.2, -0.15) is 5.26 Å². The van der Waals surface area contributed by atoms with E-state index < -0.39 is 0 Å². The first kappa shape index (κ1) is 15.7. The Morgan fingerprint density at radius 2 is 1.90 bits per heavy atom. The lowest BCUT2D eigenvalue weighted by atomic mass is 10.0. The molecule has 0 bridgehead atoms. The summed E-state index contributed by atoms with van der Waals surface area (Å²) in [5.74, 6) is 0.626. The van der Waals surface area contributed by atoms with Crippen molar-refractivity contribution in [3.05, 3.63) is 52.0 Å². The summed E-state index contributed by atoms with van der Waals surface area (Å²) in [5, 5.41) is 9.98. The molecule has 0 fully saturated rings. The zero-order chi connectivity index (χ0) is 15.2. The second-order valence-corrected chi connectivity index (χ2v) is 5.02. The first-order valence-corrected chi connectivity index (χ1v) is 7.11. The van der Waals surface area contributed by atoms with E-state index in [9.17, 15) is 0 Å². The van der Waals surface area contributed by atoms with E-state index in [4.69, 9.17) is 37.9 Å². The van der Waals surface area contributed by atoms with E-state index in [-0.39, 0.29) is 6.79 Å². The van der Waals surface area contributed by atoms with Crippen molar-refractivity contribution in [3.63, 3.8) is 0 Å². The van der Waals surface area contributed by atoms with Crippen LogP contribution in [0.25, 0.3) is 11.1 Å². The number of hydrogen-bond acceptors (Lipinski definition) is 3. The van der Waals surface area contributed by atoms with Crippen molar-refractivity contribution in [3.8, 4) is 22.9 Å². The summed E-state index contributed by atoms with van der Waals surface area (Å²) < 4.78 is 10.8. The highest BCUT2D eigenvalue weighted by atomic mass is 35.5. The molecule has 0 aliphatic heterocycles. The van der Waals surface area contributed by atoms with Gasteiger partial charge in [-0.3, -0.25) is 0 Å². The Kier molecular flexibility index (Phi) is 5.46. The van der Waals surface area contributed by atoms with Crippen LogP contribution in [0.15, 0.2) is 36.4 Å². The molecule has 108 valence electrons. The second kappa shape index (κ2) is 7.33. The molecule has 21 heavy (non-hydrogen) atoms. The maximum atomic E-state index is 9.05. The highest BCUT2D eigenvalue weighted by Crippen LogP contribution is 2.34. The summed E-state index contributed by atoms with van der Waals surface area (Å²) in [4.78, 5) is 0. The van der Waals surface area contributed by atoms with Crippen LogP contribution in [0.3, 0.4) is 0 Å². The lowest BCUT2D eigenvalue weighted by Gasteiger charge is -2.12. The Morgan fingerprint density at radius 3 is 2.57 bits per heavy atom. The smallest absolute Gasteiger partial charge is 0.189 e. The van der Waals surface area contributed by atoms with Gasteiger partial charge >= 0.3 is 0 Å². The average molecular weight is 322 g/mol. The molecule has 2 rings (SSSR count). The minimum absolute atomic E-state index is 0.150. The van der Waals surface area contributed by atoms with Crippen LogP contribution in [-0.2, 0) is 4.74 Å². The third-order valence-corrected chi connectivity index (χ3v) is 3.58. The molecule has 0 aliphatic rings. The van der Waals surface area contributed by atoms with E-state index in [0.717, 1.165) is 11.1 Å². The van der Waals surface area contributed by atoms with Gasteiger partial charge in [-0.15, -0.1) is 0 Å². The Morgan fingerprint density at radius 1 is 1.10 bits per heavy atom. The SMILES string of the molecule is CCOCOc1ccc(C#N)cc1-c1ccc(Cl)c(Cl)c1. The third kappa shape index (κ3) is 3.89. The maximum Gasteiger partial charge on any atom is 0.189 e. The summed E-state index contributed by atoms with van der Waals surface area (Å²) in [6.45, 7) is 2.61. The minimum Gasteiger partial charge on any atom is -0.467 e. The Bertz CT molecular complexity index is 680. The summed E-state index contributed by atoms with van der Waals surface area (Å²) >= 11 is 12.0. The number of nitriles is 1. The fourth-order valence-electron chi connectivity index (χ4n) is 1.80. The maximum absolute atomic E-state index is 9.05. The Labute approximate surface area is 133 Å². The van der Waals surface area contributed by atoms with Gasteiger partial charge in [-0.1, -0.05) is 29.3 Å². The number of nitrogens with zero attached hydrogens (tertiary/aromatic N) is 1. The molecule has 5 heteroatoms. The van der Waals surface area contributed by atoms with Gasteiger partial charge in [0, 0.05) is 12.2 Å². The van der Waals surface area contributed by atoms with Gasteiger partial charge in [-0.05, 0) is 42.8 Å². The number of rotatable bonds is 5. The van der Waals surface area contributed by atoms with Crippen molar-refractivity contribution in [2.75, 3.05) is 13.4 Å². The van der Waals surface area contributed by atoms with Crippen molar-refractivity contribution in [1.82, 2.24) is 0 Å². The summed E-state index contributed by atoms with van der Waals surface area (Å²) in [5.41, 5.74) is 2.14. The highest BCUT2D eigenvalue weighted by Gasteiger charge is 2.10. The van der Waals surface area contributed by atoms with Crippen molar-refractivity contribution in [2.24, 2.45) is 0 Å². The molecule has 2 aromatic rings. The first-order chi connectivity index (χ1) is 10.2. The van der Waals surface area contributed by atoms with Crippen molar-refractivity contribution in [2.45, 2.75) is 6.92 Å². The zero-order valence-corrected chi connectivity index (χ0v) is 12.9. The predicted molar refractivity (Wildman–Crippen MR) is 83.7 cm³/mol. The summed E-state index contributed by atoms with van der Waals surface area (Å²) in [6.07, 6.45) is 0. The van der Waals surface area contributed by atoms with E-state index in [2.05, 4.69) is 6.07 Å². The highest BCUT2D eigenvalue weighted by molar-refractivity contribution is 6.42. The van der Waals surface area contributed by atoms with E-state index >= 15 is 0 Å². The minimum atomic E-state index is 0.150. The van der Waals surface area contributed by atoms with E-state index in [0.29, 0.717) is 28.0 Å². The molecular formula is C16H13Cl2NO2. The number of ether oxygens (including phenoxy) is 2. The van der Waals surface area contributed by atoms with Gasteiger partial charge in [-0.25, -0.2) is 0 Å². The normalized spacial score (nSPS) is 10.2. The molecule has 2 aromatic carbocycles. The van der Waals surface area contributed by atoms with E-state index in [1.165, 1.54) is 0 Å². The summed E-state index contributed by atoms with van der Waals surface area (Å²) in [6, 6.07) is 12.6. The van der Waals surface area contributed by atoms with Crippen LogP contribution < -0.4 is 4.74 Å². The topological polar surface area (TPSA) is 42.2 Å². The van der Waals surface area contributed by atoms with Crippen LogP contribution >= 0.6 is 23.2 Å². The lowest BCUT2D eigenvalue weighted by molar-refractivity contribution is 0.0227. The average Bonchev–Trinajstić information content (AvgIpc) is 2.50. The van der Waals surface area contributed by atoms with Crippen LogP contribution in [0.1, 0.15) is 12.5 Å². The molecule has 0 saturated carbocycles. The van der Waals surface area contributed by atoms with Crippen LogP contribution in [0.5, 0.6) is 5.75 Å². The number of hydrogen-bond donors (Lipinski definition) is 0. The van der Waals surface area contributed by atoms with Gasteiger partial charge in [0.2, 0.25) is 0 Å². The van der Waals surface area contributed by atoms with Crippen molar-refractivity contribution >= 4 is 23.2 Å². The molecule has 0 unspecified atom stereocenters. The Hall–Kier alpha value is -1.73.